The van der Waals surface area contributed by atoms with Crippen molar-refractivity contribution in [3.05, 3.63) is 71.0 Å². The summed E-state index contributed by atoms with van der Waals surface area (Å²) in [7, 11) is 0. The molecule has 5 nitrogen and oxygen atoms in total. The highest BCUT2D eigenvalue weighted by atomic mass is 19.4. The van der Waals surface area contributed by atoms with Crippen LogP contribution in [0.2, 0.25) is 0 Å². The molecule has 1 atom stereocenters. The van der Waals surface area contributed by atoms with Gasteiger partial charge in [0.1, 0.15) is 5.82 Å². The number of H-pyrrole nitrogens is 1. The van der Waals surface area contributed by atoms with Gasteiger partial charge >= 0.3 is 6.18 Å². The van der Waals surface area contributed by atoms with Gasteiger partial charge in [-0.3, -0.25) is 0 Å². The van der Waals surface area contributed by atoms with Gasteiger partial charge in [0.05, 0.1) is 22.9 Å². The first-order valence-corrected chi connectivity index (χ1v) is 9.58. The lowest BCUT2D eigenvalue weighted by Gasteiger charge is -2.25. The highest BCUT2D eigenvalue weighted by molar-refractivity contribution is 5.85. The fourth-order valence-electron chi connectivity index (χ4n) is 4.14. The number of hydrogen-bond acceptors (Lipinski definition) is 3. The Bertz CT molecular complexity index is 1290. The Morgan fingerprint density at radius 3 is 2.77 bits per heavy atom. The zero-order chi connectivity index (χ0) is 20.9. The van der Waals surface area contributed by atoms with Gasteiger partial charge in [-0.25, -0.2) is 9.67 Å². The lowest BCUT2D eigenvalue weighted by atomic mass is 9.88. The molecule has 8 heteroatoms. The van der Waals surface area contributed by atoms with Crippen LogP contribution < -0.4 is 0 Å². The molecule has 1 aliphatic heterocycles. The number of nitriles is 1. The van der Waals surface area contributed by atoms with Crippen LogP contribution in [0.1, 0.15) is 41.3 Å². The van der Waals surface area contributed by atoms with E-state index in [0.29, 0.717) is 35.9 Å². The van der Waals surface area contributed by atoms with Crippen LogP contribution in [-0.2, 0) is 12.7 Å². The quantitative estimate of drug-likeness (QED) is 0.494. The van der Waals surface area contributed by atoms with E-state index in [4.69, 9.17) is 5.26 Å². The highest BCUT2D eigenvalue weighted by Crippen LogP contribution is 2.40. The maximum absolute atomic E-state index is 13.6. The second-order valence-corrected chi connectivity index (χ2v) is 7.39. The minimum atomic E-state index is -4.42. The van der Waals surface area contributed by atoms with Crippen LogP contribution in [0.25, 0.3) is 22.4 Å². The van der Waals surface area contributed by atoms with E-state index in [1.807, 2.05) is 12.1 Å². The van der Waals surface area contributed by atoms with Gasteiger partial charge in [0.15, 0.2) is 5.82 Å². The average molecular weight is 407 g/mol. The third-order valence-corrected chi connectivity index (χ3v) is 5.51. The van der Waals surface area contributed by atoms with E-state index in [0.717, 1.165) is 23.4 Å². The van der Waals surface area contributed by atoms with Crippen molar-refractivity contribution in [3.63, 3.8) is 0 Å². The summed E-state index contributed by atoms with van der Waals surface area (Å²) in [5, 5.41) is 14.5. The Labute approximate surface area is 169 Å². The van der Waals surface area contributed by atoms with Gasteiger partial charge < -0.3 is 4.98 Å². The Balaban J connectivity index is 1.59. The molecule has 4 aromatic rings. The normalized spacial score (nSPS) is 16.4. The van der Waals surface area contributed by atoms with Crippen molar-refractivity contribution >= 4 is 10.9 Å². The summed E-state index contributed by atoms with van der Waals surface area (Å²) in [6, 6.07) is 15.0. The first kappa shape index (κ1) is 18.4. The van der Waals surface area contributed by atoms with Crippen LogP contribution in [0, 0.1) is 11.3 Å². The molecule has 1 unspecified atom stereocenters. The number of alkyl halides is 3. The molecule has 2 aromatic carbocycles. The Hall–Kier alpha value is -3.60. The van der Waals surface area contributed by atoms with Gasteiger partial charge in [0.2, 0.25) is 0 Å². The summed E-state index contributed by atoms with van der Waals surface area (Å²) in [5.74, 6) is 0.521. The zero-order valence-electron chi connectivity index (χ0n) is 15.7. The predicted octanol–water partition coefficient (Wildman–Crippen LogP) is 5.24. The van der Waals surface area contributed by atoms with Crippen molar-refractivity contribution in [2.24, 2.45) is 0 Å². The molecule has 0 aliphatic carbocycles. The minimum Gasteiger partial charge on any atom is -0.352 e. The SMILES string of the molecule is N#Cc1ccc2cc(-c3nc4n(n3)CCCC4c3ccccc3C(F)(F)F)[nH]c2c1. The van der Waals surface area contributed by atoms with Crippen LogP contribution in [0.5, 0.6) is 0 Å². The number of hydrogen-bond donors (Lipinski definition) is 1. The summed E-state index contributed by atoms with van der Waals surface area (Å²) in [6.07, 6.45) is -3.11. The topological polar surface area (TPSA) is 70.3 Å². The highest BCUT2D eigenvalue weighted by Gasteiger charge is 2.37. The smallest absolute Gasteiger partial charge is 0.352 e. The molecule has 0 saturated heterocycles. The summed E-state index contributed by atoms with van der Waals surface area (Å²) >= 11 is 0. The van der Waals surface area contributed by atoms with E-state index in [1.54, 1.807) is 22.9 Å². The number of halogens is 3. The molecule has 1 N–H and O–H groups in total. The molecule has 0 amide bonds. The van der Waals surface area contributed by atoms with Crippen molar-refractivity contribution < 1.29 is 13.2 Å². The number of aromatic nitrogens is 4. The molecule has 0 bridgehead atoms. The number of aryl methyl sites for hydroxylation is 1. The summed E-state index contributed by atoms with van der Waals surface area (Å²) in [6.45, 7) is 0.617. The molecule has 1 aliphatic rings. The van der Waals surface area contributed by atoms with E-state index in [-0.39, 0.29) is 5.56 Å². The van der Waals surface area contributed by atoms with Crippen molar-refractivity contribution in [1.29, 1.82) is 5.26 Å². The first-order chi connectivity index (χ1) is 14.4. The van der Waals surface area contributed by atoms with Gasteiger partial charge in [-0.15, -0.1) is 5.10 Å². The van der Waals surface area contributed by atoms with Crippen molar-refractivity contribution in [1.82, 2.24) is 19.7 Å². The molecular formula is C22H16F3N5. The second kappa shape index (κ2) is 6.73. The molecule has 0 spiro atoms. The predicted molar refractivity (Wildman–Crippen MR) is 105 cm³/mol. The number of fused-ring (bicyclic) bond motifs is 2. The van der Waals surface area contributed by atoms with Gasteiger partial charge in [0.25, 0.3) is 0 Å². The number of aromatic amines is 1. The van der Waals surface area contributed by atoms with Crippen LogP contribution in [0.3, 0.4) is 0 Å². The van der Waals surface area contributed by atoms with Crippen LogP contribution in [0.4, 0.5) is 13.2 Å². The van der Waals surface area contributed by atoms with Gasteiger partial charge in [-0.05, 0) is 42.7 Å². The number of rotatable bonds is 2. The van der Waals surface area contributed by atoms with E-state index < -0.39 is 17.7 Å². The molecular weight excluding hydrogens is 391 g/mol. The van der Waals surface area contributed by atoms with Gasteiger partial charge in [0, 0.05) is 23.4 Å². The Morgan fingerprint density at radius 1 is 1.13 bits per heavy atom. The van der Waals surface area contributed by atoms with Crippen molar-refractivity contribution in [3.8, 4) is 17.6 Å². The zero-order valence-corrected chi connectivity index (χ0v) is 15.7. The molecule has 0 fully saturated rings. The van der Waals surface area contributed by atoms with Crippen LogP contribution in [0.15, 0.2) is 48.5 Å². The van der Waals surface area contributed by atoms with E-state index >= 15 is 0 Å². The Morgan fingerprint density at radius 2 is 1.97 bits per heavy atom. The number of benzene rings is 2. The molecule has 3 heterocycles. The molecule has 150 valence electrons. The second-order valence-electron chi connectivity index (χ2n) is 7.39. The third kappa shape index (κ3) is 3.03. The number of nitrogens with one attached hydrogen (secondary N) is 1. The molecule has 2 aromatic heterocycles. The van der Waals surface area contributed by atoms with E-state index in [9.17, 15) is 13.2 Å². The van der Waals surface area contributed by atoms with Gasteiger partial charge in [-0.2, -0.15) is 18.4 Å². The monoisotopic (exact) mass is 407 g/mol. The standard InChI is InChI=1S/C22H16F3N5/c23-22(24,25)17-6-2-1-4-15(17)16-5-3-9-30-21(16)28-20(29-30)19-11-14-8-7-13(12-26)10-18(14)27-19/h1-2,4,6-8,10-11,16,27H,3,5,9H2. The maximum Gasteiger partial charge on any atom is 0.416 e. The van der Waals surface area contributed by atoms with Crippen molar-refractivity contribution in [2.45, 2.75) is 31.5 Å². The summed E-state index contributed by atoms with van der Waals surface area (Å²) < 4.78 is 42.4. The van der Waals surface area contributed by atoms with Crippen LogP contribution >= 0.6 is 0 Å². The molecule has 30 heavy (non-hydrogen) atoms. The molecule has 0 radical (unpaired) electrons. The lowest BCUT2D eigenvalue weighted by Crippen LogP contribution is -2.21. The minimum absolute atomic E-state index is 0.236. The average Bonchev–Trinajstić information content (AvgIpc) is 3.36. The molecule has 0 saturated carbocycles. The van der Waals surface area contributed by atoms with Crippen molar-refractivity contribution in [2.75, 3.05) is 0 Å². The van der Waals surface area contributed by atoms with Crippen LogP contribution in [-0.4, -0.2) is 19.7 Å². The molecule has 5 rings (SSSR count). The third-order valence-electron chi connectivity index (χ3n) is 5.51. The largest absolute Gasteiger partial charge is 0.416 e. The first-order valence-electron chi connectivity index (χ1n) is 9.58. The Kier molecular flexibility index (Phi) is 4.13. The summed E-state index contributed by atoms with van der Waals surface area (Å²) in [5.41, 5.74) is 1.61. The number of nitrogens with zero attached hydrogens (tertiary/aromatic N) is 4. The lowest BCUT2D eigenvalue weighted by molar-refractivity contribution is -0.138. The fourth-order valence-corrected chi connectivity index (χ4v) is 4.14. The summed E-state index contributed by atoms with van der Waals surface area (Å²) in [4.78, 5) is 7.84. The van der Waals surface area contributed by atoms with E-state index in [2.05, 4.69) is 21.1 Å². The fraction of sp³-hybridized carbons (Fsp3) is 0.227. The van der Waals surface area contributed by atoms with E-state index in [1.165, 1.54) is 12.1 Å². The van der Waals surface area contributed by atoms with Gasteiger partial charge in [-0.1, -0.05) is 24.3 Å². The maximum atomic E-state index is 13.6.